The van der Waals surface area contributed by atoms with Crippen molar-refractivity contribution in [3.05, 3.63) is 65.7 Å². The van der Waals surface area contributed by atoms with E-state index in [0.717, 1.165) is 25.1 Å². The Bertz CT molecular complexity index is 494. The lowest BCUT2D eigenvalue weighted by molar-refractivity contribution is 0.860. The molecule has 1 atom stereocenters. The lowest BCUT2D eigenvalue weighted by Gasteiger charge is -2.13. The summed E-state index contributed by atoms with van der Waals surface area (Å²) in [6.07, 6.45) is 2.22. The van der Waals surface area contributed by atoms with E-state index in [1.807, 2.05) is 19.1 Å². The van der Waals surface area contributed by atoms with E-state index in [4.69, 9.17) is 11.6 Å². The highest BCUT2D eigenvalue weighted by molar-refractivity contribution is 6.21. The number of halogens is 1. The summed E-state index contributed by atoms with van der Waals surface area (Å²) in [4.78, 5) is 0. The Morgan fingerprint density at radius 1 is 1.00 bits per heavy atom. The van der Waals surface area contributed by atoms with Crippen molar-refractivity contribution in [3.8, 4) is 0 Å². The molecule has 0 bridgehead atoms. The van der Waals surface area contributed by atoms with Crippen molar-refractivity contribution in [1.29, 1.82) is 0 Å². The summed E-state index contributed by atoms with van der Waals surface area (Å²) in [5, 5.41) is 3.52. The molecule has 0 spiro atoms. The molecule has 2 aromatic carbocycles. The molecule has 0 saturated heterocycles. The second-order valence-corrected chi connectivity index (χ2v) is 5.37. The van der Waals surface area contributed by atoms with E-state index in [-0.39, 0.29) is 5.38 Å². The molecule has 0 radical (unpaired) electrons. The van der Waals surface area contributed by atoms with Crippen LogP contribution in [0.3, 0.4) is 0 Å². The standard InChI is InChI=1S/C17H20ClN/c1-14(18)16-11-5-6-12-17(16)19-13-7-10-15-8-3-2-4-9-15/h2-6,8-9,11-12,14,19H,7,10,13H2,1H3. The lowest BCUT2D eigenvalue weighted by Crippen LogP contribution is -2.05. The second kappa shape index (κ2) is 7.20. The van der Waals surface area contributed by atoms with Gasteiger partial charge in [0.15, 0.2) is 0 Å². The molecular weight excluding hydrogens is 254 g/mol. The van der Waals surface area contributed by atoms with Crippen molar-refractivity contribution < 1.29 is 0 Å². The number of benzene rings is 2. The molecule has 0 aliphatic carbocycles. The Morgan fingerprint density at radius 2 is 1.68 bits per heavy atom. The van der Waals surface area contributed by atoms with Gasteiger partial charge < -0.3 is 5.32 Å². The zero-order chi connectivity index (χ0) is 13.5. The lowest BCUT2D eigenvalue weighted by atomic mass is 10.1. The average molecular weight is 274 g/mol. The van der Waals surface area contributed by atoms with Crippen LogP contribution in [0.25, 0.3) is 0 Å². The predicted molar refractivity (Wildman–Crippen MR) is 84.0 cm³/mol. The molecule has 1 unspecified atom stereocenters. The van der Waals surface area contributed by atoms with Crippen molar-refractivity contribution in [2.75, 3.05) is 11.9 Å². The Morgan fingerprint density at radius 3 is 2.42 bits per heavy atom. The summed E-state index contributed by atoms with van der Waals surface area (Å²) < 4.78 is 0. The zero-order valence-corrected chi connectivity index (χ0v) is 12.0. The summed E-state index contributed by atoms with van der Waals surface area (Å²) in [5.41, 5.74) is 3.71. The number of anilines is 1. The van der Waals surface area contributed by atoms with Crippen molar-refractivity contribution in [2.24, 2.45) is 0 Å². The van der Waals surface area contributed by atoms with Crippen LogP contribution in [0.5, 0.6) is 0 Å². The number of nitrogens with one attached hydrogen (secondary N) is 1. The first-order chi connectivity index (χ1) is 9.27. The molecule has 0 saturated carbocycles. The summed E-state index contributed by atoms with van der Waals surface area (Å²) in [5.74, 6) is 0. The van der Waals surface area contributed by atoms with Gasteiger partial charge in [-0.15, -0.1) is 11.6 Å². The van der Waals surface area contributed by atoms with Crippen LogP contribution in [-0.2, 0) is 6.42 Å². The average Bonchev–Trinajstić information content (AvgIpc) is 2.45. The summed E-state index contributed by atoms with van der Waals surface area (Å²) in [6.45, 7) is 2.97. The van der Waals surface area contributed by atoms with Gasteiger partial charge in [0.2, 0.25) is 0 Å². The van der Waals surface area contributed by atoms with Crippen LogP contribution < -0.4 is 5.32 Å². The van der Waals surface area contributed by atoms with Crippen LogP contribution >= 0.6 is 11.6 Å². The Hall–Kier alpha value is -1.47. The topological polar surface area (TPSA) is 12.0 Å². The van der Waals surface area contributed by atoms with E-state index in [2.05, 4.69) is 47.8 Å². The Kier molecular flexibility index (Phi) is 5.29. The minimum atomic E-state index is 0.0397. The molecule has 0 heterocycles. The molecule has 2 heteroatoms. The molecule has 100 valence electrons. The van der Waals surface area contributed by atoms with Crippen LogP contribution in [0.2, 0.25) is 0 Å². The highest BCUT2D eigenvalue weighted by Crippen LogP contribution is 2.26. The Balaban J connectivity index is 1.83. The van der Waals surface area contributed by atoms with Crippen molar-refractivity contribution in [1.82, 2.24) is 0 Å². The minimum Gasteiger partial charge on any atom is -0.385 e. The van der Waals surface area contributed by atoms with Crippen LogP contribution in [0.1, 0.15) is 29.8 Å². The quantitative estimate of drug-likeness (QED) is 0.575. The molecule has 1 nitrogen and oxygen atoms in total. The van der Waals surface area contributed by atoms with Gasteiger partial charge in [-0.05, 0) is 37.0 Å². The van der Waals surface area contributed by atoms with Gasteiger partial charge >= 0.3 is 0 Å². The van der Waals surface area contributed by atoms with Crippen LogP contribution in [0.15, 0.2) is 54.6 Å². The molecule has 1 N–H and O–H groups in total. The number of para-hydroxylation sites is 1. The van der Waals surface area contributed by atoms with Crippen LogP contribution in [-0.4, -0.2) is 6.54 Å². The van der Waals surface area contributed by atoms with Crippen molar-refractivity contribution >= 4 is 17.3 Å². The maximum absolute atomic E-state index is 6.18. The van der Waals surface area contributed by atoms with Gasteiger partial charge in [-0.1, -0.05) is 48.5 Å². The third-order valence-electron chi connectivity index (χ3n) is 3.19. The third-order valence-corrected chi connectivity index (χ3v) is 3.42. The minimum absolute atomic E-state index is 0.0397. The number of rotatable bonds is 6. The number of alkyl halides is 1. The van der Waals surface area contributed by atoms with E-state index in [0.29, 0.717) is 0 Å². The first-order valence-corrected chi connectivity index (χ1v) is 7.22. The fraction of sp³-hybridized carbons (Fsp3) is 0.294. The zero-order valence-electron chi connectivity index (χ0n) is 11.3. The molecule has 2 rings (SSSR count). The molecule has 0 aliphatic rings. The highest BCUT2D eigenvalue weighted by atomic mass is 35.5. The van der Waals surface area contributed by atoms with Crippen molar-refractivity contribution in [3.63, 3.8) is 0 Å². The first kappa shape index (κ1) is 14.0. The van der Waals surface area contributed by atoms with Gasteiger partial charge in [0.05, 0.1) is 5.38 Å². The Labute approximate surface area is 120 Å². The van der Waals surface area contributed by atoms with E-state index in [9.17, 15) is 0 Å². The molecular formula is C17H20ClN. The smallest absolute Gasteiger partial charge is 0.0577 e. The van der Waals surface area contributed by atoms with Gasteiger partial charge in [0, 0.05) is 12.2 Å². The number of hydrogen-bond acceptors (Lipinski definition) is 1. The fourth-order valence-corrected chi connectivity index (χ4v) is 2.36. The van der Waals surface area contributed by atoms with E-state index < -0.39 is 0 Å². The summed E-state index contributed by atoms with van der Waals surface area (Å²) in [7, 11) is 0. The largest absolute Gasteiger partial charge is 0.385 e. The summed E-state index contributed by atoms with van der Waals surface area (Å²) in [6, 6.07) is 18.8. The first-order valence-electron chi connectivity index (χ1n) is 6.78. The number of aryl methyl sites for hydroxylation is 1. The van der Waals surface area contributed by atoms with Gasteiger partial charge in [-0.2, -0.15) is 0 Å². The maximum Gasteiger partial charge on any atom is 0.0577 e. The van der Waals surface area contributed by atoms with Gasteiger partial charge in [-0.25, -0.2) is 0 Å². The third kappa shape index (κ3) is 4.29. The monoisotopic (exact) mass is 273 g/mol. The van der Waals surface area contributed by atoms with E-state index in [1.54, 1.807) is 0 Å². The summed E-state index contributed by atoms with van der Waals surface area (Å²) >= 11 is 6.18. The van der Waals surface area contributed by atoms with Crippen molar-refractivity contribution in [2.45, 2.75) is 25.1 Å². The maximum atomic E-state index is 6.18. The number of hydrogen-bond donors (Lipinski definition) is 1. The van der Waals surface area contributed by atoms with Gasteiger partial charge in [0.1, 0.15) is 0 Å². The van der Waals surface area contributed by atoms with Gasteiger partial charge in [0.25, 0.3) is 0 Å². The van der Waals surface area contributed by atoms with E-state index >= 15 is 0 Å². The molecule has 0 fully saturated rings. The molecule has 0 amide bonds. The molecule has 0 aliphatic heterocycles. The highest BCUT2D eigenvalue weighted by Gasteiger charge is 2.06. The normalized spacial score (nSPS) is 12.1. The second-order valence-electron chi connectivity index (χ2n) is 4.72. The van der Waals surface area contributed by atoms with Crippen LogP contribution in [0, 0.1) is 0 Å². The van der Waals surface area contributed by atoms with E-state index in [1.165, 1.54) is 11.1 Å². The van der Waals surface area contributed by atoms with Crippen LogP contribution in [0.4, 0.5) is 5.69 Å². The predicted octanol–water partition coefficient (Wildman–Crippen LogP) is 5.03. The molecule has 19 heavy (non-hydrogen) atoms. The fourth-order valence-electron chi connectivity index (χ4n) is 2.17. The molecule has 0 aromatic heterocycles. The van der Waals surface area contributed by atoms with Gasteiger partial charge in [-0.3, -0.25) is 0 Å². The SMILES string of the molecule is CC(Cl)c1ccccc1NCCCc1ccccc1. The molecule has 2 aromatic rings.